The van der Waals surface area contributed by atoms with E-state index in [9.17, 15) is 0 Å². The van der Waals surface area contributed by atoms with Crippen LogP contribution in [0.4, 0.5) is 5.69 Å². The van der Waals surface area contributed by atoms with Crippen LogP contribution in [0.5, 0.6) is 0 Å². The molecule has 0 bridgehead atoms. The molecule has 4 rings (SSSR count). The number of imidazole rings is 1. The van der Waals surface area contributed by atoms with Crippen molar-refractivity contribution in [1.29, 1.82) is 0 Å². The molecule has 0 aliphatic carbocycles. The van der Waals surface area contributed by atoms with Gasteiger partial charge in [0.05, 0.1) is 6.33 Å². The van der Waals surface area contributed by atoms with Crippen LogP contribution in [0.25, 0.3) is 0 Å². The minimum atomic E-state index is 0.644. The first-order valence-electron chi connectivity index (χ1n) is 8.32. The van der Waals surface area contributed by atoms with E-state index < -0.39 is 0 Å². The average Bonchev–Trinajstić information content (AvgIpc) is 3.24. The zero-order valence-corrected chi connectivity index (χ0v) is 13.3. The topological polar surface area (TPSA) is 24.3 Å². The number of aromatic nitrogens is 2. The average molecular weight is 296 g/mol. The molecule has 4 heteroatoms. The number of hydrogen-bond donors (Lipinski definition) is 0. The third kappa shape index (κ3) is 2.63. The van der Waals surface area contributed by atoms with Crippen LogP contribution in [0.1, 0.15) is 24.0 Å². The predicted octanol–water partition coefficient (Wildman–Crippen LogP) is 2.54. The normalized spacial score (nSPS) is 21.5. The van der Waals surface area contributed by atoms with Gasteiger partial charge in [-0.15, -0.1) is 0 Å². The molecule has 116 valence electrons. The van der Waals surface area contributed by atoms with E-state index in [2.05, 4.69) is 50.8 Å². The number of likely N-dealkylation sites (N-methyl/N-ethyl adjacent to an activating group) is 1. The molecule has 1 saturated heterocycles. The monoisotopic (exact) mass is 296 g/mol. The molecule has 0 saturated carbocycles. The second-order valence-electron chi connectivity index (χ2n) is 6.66. The van der Waals surface area contributed by atoms with Gasteiger partial charge in [0, 0.05) is 50.8 Å². The van der Waals surface area contributed by atoms with Crippen molar-refractivity contribution in [3.8, 4) is 0 Å². The van der Waals surface area contributed by atoms with E-state index in [1.165, 1.54) is 42.6 Å². The van der Waals surface area contributed by atoms with Crippen LogP contribution in [0.2, 0.25) is 0 Å². The molecule has 22 heavy (non-hydrogen) atoms. The summed E-state index contributed by atoms with van der Waals surface area (Å²) >= 11 is 0. The molecule has 1 atom stereocenters. The van der Waals surface area contributed by atoms with Crippen molar-refractivity contribution < 1.29 is 0 Å². The second-order valence-corrected chi connectivity index (χ2v) is 6.66. The van der Waals surface area contributed by atoms with Gasteiger partial charge in [-0.25, -0.2) is 4.98 Å². The van der Waals surface area contributed by atoms with Gasteiger partial charge in [-0.05, 0) is 43.0 Å². The fourth-order valence-corrected chi connectivity index (χ4v) is 3.90. The SMILES string of the molecule is CN1CCc2cc(CN3CCC[C@@H]3Cn3ccnc3)ccc21. The summed E-state index contributed by atoms with van der Waals surface area (Å²) in [5, 5.41) is 0. The van der Waals surface area contributed by atoms with E-state index in [4.69, 9.17) is 0 Å². The largest absolute Gasteiger partial charge is 0.374 e. The maximum atomic E-state index is 4.16. The molecule has 0 spiro atoms. The highest BCUT2D eigenvalue weighted by Crippen LogP contribution is 2.29. The van der Waals surface area contributed by atoms with Gasteiger partial charge in [0.2, 0.25) is 0 Å². The summed E-state index contributed by atoms with van der Waals surface area (Å²) in [5.41, 5.74) is 4.40. The zero-order chi connectivity index (χ0) is 14.9. The Balaban J connectivity index is 1.46. The van der Waals surface area contributed by atoms with E-state index >= 15 is 0 Å². The Morgan fingerprint density at radius 2 is 2.23 bits per heavy atom. The standard InChI is InChI=1S/C18H24N4/c1-20-9-6-16-11-15(4-5-18(16)20)12-22-8-2-3-17(22)13-21-10-7-19-14-21/h4-5,7,10-11,14,17H,2-3,6,8-9,12-13H2,1H3/t17-/m1/s1. The van der Waals surface area contributed by atoms with E-state index in [-0.39, 0.29) is 0 Å². The van der Waals surface area contributed by atoms with Crippen molar-refractivity contribution in [2.45, 2.75) is 38.4 Å². The van der Waals surface area contributed by atoms with Crippen LogP contribution in [0.15, 0.2) is 36.9 Å². The van der Waals surface area contributed by atoms with Crippen LogP contribution in [0.3, 0.4) is 0 Å². The van der Waals surface area contributed by atoms with Crippen LogP contribution in [-0.4, -0.2) is 40.6 Å². The fourth-order valence-electron chi connectivity index (χ4n) is 3.90. The first-order chi connectivity index (χ1) is 10.8. The highest BCUT2D eigenvalue weighted by molar-refractivity contribution is 5.58. The molecule has 0 unspecified atom stereocenters. The van der Waals surface area contributed by atoms with Crippen molar-refractivity contribution in [2.75, 3.05) is 25.0 Å². The van der Waals surface area contributed by atoms with E-state index in [0.717, 1.165) is 19.6 Å². The van der Waals surface area contributed by atoms with Crippen molar-refractivity contribution in [2.24, 2.45) is 0 Å². The molecule has 1 fully saturated rings. The van der Waals surface area contributed by atoms with Crippen molar-refractivity contribution in [3.63, 3.8) is 0 Å². The molecule has 0 N–H and O–H groups in total. The lowest BCUT2D eigenvalue weighted by atomic mass is 10.1. The van der Waals surface area contributed by atoms with Gasteiger partial charge in [-0.3, -0.25) is 4.90 Å². The van der Waals surface area contributed by atoms with Gasteiger partial charge < -0.3 is 9.47 Å². The lowest BCUT2D eigenvalue weighted by Gasteiger charge is -2.25. The number of hydrogen-bond acceptors (Lipinski definition) is 3. The lowest BCUT2D eigenvalue weighted by molar-refractivity contribution is 0.224. The summed E-state index contributed by atoms with van der Waals surface area (Å²) in [6, 6.07) is 7.68. The molecule has 4 nitrogen and oxygen atoms in total. The Hall–Kier alpha value is -1.81. The van der Waals surface area contributed by atoms with Crippen LogP contribution >= 0.6 is 0 Å². The Morgan fingerprint density at radius 1 is 1.27 bits per heavy atom. The lowest BCUT2D eigenvalue weighted by Crippen LogP contribution is -2.32. The van der Waals surface area contributed by atoms with Crippen LogP contribution < -0.4 is 4.90 Å². The van der Waals surface area contributed by atoms with Gasteiger partial charge >= 0.3 is 0 Å². The minimum absolute atomic E-state index is 0.644. The van der Waals surface area contributed by atoms with Crippen LogP contribution in [-0.2, 0) is 19.5 Å². The number of fused-ring (bicyclic) bond motifs is 1. The summed E-state index contributed by atoms with van der Waals surface area (Å²) in [5.74, 6) is 0. The number of anilines is 1. The maximum absolute atomic E-state index is 4.16. The highest BCUT2D eigenvalue weighted by Gasteiger charge is 2.25. The highest BCUT2D eigenvalue weighted by atomic mass is 15.2. The quantitative estimate of drug-likeness (QED) is 0.866. The smallest absolute Gasteiger partial charge is 0.0946 e. The summed E-state index contributed by atoms with van der Waals surface area (Å²) in [4.78, 5) is 9.16. The second kappa shape index (κ2) is 5.76. The first-order valence-corrected chi connectivity index (χ1v) is 8.32. The molecule has 1 aromatic heterocycles. The molecule has 0 radical (unpaired) electrons. The summed E-state index contributed by atoms with van der Waals surface area (Å²) in [6.45, 7) is 4.52. The summed E-state index contributed by atoms with van der Waals surface area (Å²) in [6.07, 6.45) is 9.68. The Morgan fingerprint density at radius 3 is 3.09 bits per heavy atom. The molecule has 2 aromatic rings. The minimum Gasteiger partial charge on any atom is -0.374 e. The summed E-state index contributed by atoms with van der Waals surface area (Å²) in [7, 11) is 2.19. The van der Waals surface area contributed by atoms with Gasteiger partial charge in [0.25, 0.3) is 0 Å². The molecule has 3 heterocycles. The van der Waals surface area contributed by atoms with Gasteiger partial charge in [-0.2, -0.15) is 0 Å². The number of benzene rings is 1. The van der Waals surface area contributed by atoms with Gasteiger partial charge in [0.15, 0.2) is 0 Å². The van der Waals surface area contributed by atoms with Gasteiger partial charge in [-0.1, -0.05) is 12.1 Å². The molecule has 2 aliphatic rings. The Bertz CT molecular complexity index is 635. The third-order valence-corrected chi connectivity index (χ3v) is 5.14. The Labute approximate surface area is 132 Å². The molecular weight excluding hydrogens is 272 g/mol. The Kier molecular flexibility index (Phi) is 3.62. The first kappa shape index (κ1) is 13.8. The molecule has 1 aromatic carbocycles. The van der Waals surface area contributed by atoms with E-state index in [1.807, 2.05) is 12.5 Å². The maximum Gasteiger partial charge on any atom is 0.0946 e. The van der Waals surface area contributed by atoms with E-state index in [1.54, 1.807) is 0 Å². The van der Waals surface area contributed by atoms with E-state index in [0.29, 0.717) is 6.04 Å². The van der Waals surface area contributed by atoms with Gasteiger partial charge in [0.1, 0.15) is 0 Å². The van der Waals surface area contributed by atoms with Crippen molar-refractivity contribution in [1.82, 2.24) is 14.5 Å². The molecule has 0 amide bonds. The summed E-state index contributed by atoms with van der Waals surface area (Å²) < 4.78 is 2.21. The fraction of sp³-hybridized carbons (Fsp3) is 0.500. The van der Waals surface area contributed by atoms with Crippen LogP contribution in [0, 0.1) is 0 Å². The molecular formula is C18H24N4. The number of rotatable bonds is 4. The number of likely N-dealkylation sites (tertiary alicyclic amines) is 1. The predicted molar refractivity (Wildman–Crippen MR) is 89.1 cm³/mol. The van der Waals surface area contributed by atoms with Crippen molar-refractivity contribution >= 4 is 5.69 Å². The third-order valence-electron chi connectivity index (χ3n) is 5.14. The number of nitrogens with zero attached hydrogens (tertiary/aromatic N) is 4. The zero-order valence-electron chi connectivity index (χ0n) is 13.3. The molecule has 2 aliphatic heterocycles. The van der Waals surface area contributed by atoms with Crippen molar-refractivity contribution in [3.05, 3.63) is 48.0 Å².